The van der Waals surface area contributed by atoms with E-state index in [0.29, 0.717) is 28.5 Å². The maximum atomic E-state index is 14.5. The number of para-hydroxylation sites is 1. The molecule has 0 bridgehead atoms. The molecule has 1 spiro atoms. The molecule has 2 aliphatic heterocycles. The number of halogens is 1. The number of ether oxygens (including phenoxy) is 2. The van der Waals surface area contributed by atoms with Crippen molar-refractivity contribution in [2.45, 2.75) is 128 Å². The molecule has 0 unspecified atom stereocenters. The predicted octanol–water partition coefficient (Wildman–Crippen LogP) is 4.03. The number of amides is 4. The molecular formula is C35H48ClN5O8. The lowest BCUT2D eigenvalue weighted by atomic mass is 9.85. The van der Waals surface area contributed by atoms with Crippen molar-refractivity contribution in [3.63, 3.8) is 0 Å². The predicted molar refractivity (Wildman–Crippen MR) is 181 cm³/mol. The molecule has 268 valence electrons. The molecule has 3 N–H and O–H groups in total. The van der Waals surface area contributed by atoms with E-state index >= 15 is 0 Å². The van der Waals surface area contributed by atoms with Crippen LogP contribution in [0.2, 0.25) is 5.02 Å². The second-order valence-corrected chi connectivity index (χ2v) is 15.1. The van der Waals surface area contributed by atoms with Crippen LogP contribution in [0.1, 0.15) is 97.5 Å². The number of carbonyl (C=O) groups excluding carboxylic acids is 5. The topological polar surface area (TPSA) is 165 Å². The molecule has 1 aromatic rings. The van der Waals surface area contributed by atoms with Crippen LogP contribution in [0.4, 0.5) is 4.79 Å². The summed E-state index contributed by atoms with van der Waals surface area (Å²) in [7, 11) is 1.50. The van der Waals surface area contributed by atoms with Crippen molar-refractivity contribution < 1.29 is 38.3 Å². The molecule has 49 heavy (non-hydrogen) atoms. The lowest BCUT2D eigenvalue weighted by molar-refractivity contribution is -0.144. The Kier molecular flexibility index (Phi) is 11.1. The molecule has 2 aliphatic carbocycles. The summed E-state index contributed by atoms with van der Waals surface area (Å²) >= 11 is 6.39. The first-order valence-corrected chi connectivity index (χ1v) is 17.6. The van der Waals surface area contributed by atoms with Gasteiger partial charge in [-0.2, -0.15) is 0 Å². The average Bonchev–Trinajstić information content (AvgIpc) is 3.39. The summed E-state index contributed by atoms with van der Waals surface area (Å²) in [6.45, 7) is 7.28. The Hall–Kier alpha value is -3.87. The van der Waals surface area contributed by atoms with E-state index in [1.165, 1.54) is 12.0 Å². The quantitative estimate of drug-likeness (QED) is 0.275. The number of hydrogen-bond donors (Lipinski definition) is 3. The van der Waals surface area contributed by atoms with Crippen molar-refractivity contribution in [1.29, 1.82) is 0 Å². The lowest BCUT2D eigenvalue weighted by Gasteiger charge is -2.35. The fourth-order valence-corrected chi connectivity index (χ4v) is 7.06. The molecule has 5 rings (SSSR count). The molecule has 14 heteroatoms. The summed E-state index contributed by atoms with van der Waals surface area (Å²) in [5, 5.41) is 13.0. The van der Waals surface area contributed by atoms with Crippen LogP contribution in [0, 0.1) is 5.41 Å². The third kappa shape index (κ3) is 8.48. The van der Waals surface area contributed by atoms with Gasteiger partial charge in [-0.05, 0) is 62.5 Å². The molecular weight excluding hydrogens is 654 g/mol. The van der Waals surface area contributed by atoms with Gasteiger partial charge in [0, 0.05) is 24.4 Å². The fraction of sp³-hybridized carbons (Fsp3) is 0.657. The number of hydrogen-bond acceptors (Lipinski definition) is 9. The minimum atomic E-state index is -1.10. The van der Waals surface area contributed by atoms with E-state index in [-0.39, 0.29) is 38.0 Å². The monoisotopic (exact) mass is 701 g/mol. The van der Waals surface area contributed by atoms with Gasteiger partial charge in [0.2, 0.25) is 17.6 Å². The van der Waals surface area contributed by atoms with Crippen LogP contribution in [-0.2, 0) is 28.8 Å². The number of Topliss-reactive ketones (excluding diaryl/α,β-unsaturated/α-hetero) is 1. The molecule has 1 aromatic carbocycles. The van der Waals surface area contributed by atoms with Crippen LogP contribution >= 0.6 is 11.6 Å². The van der Waals surface area contributed by atoms with E-state index in [1.54, 1.807) is 18.2 Å². The maximum Gasteiger partial charge on any atom is 0.408 e. The standard InChI is InChI=1S/C35H48ClN5O8/c1-6-10-24(27(42)31(44)37-20-15-16-20)38-30(43)26-18-35(17-25(40-49-35)22-13-9-14-23(36)28(22)47-5)19-41(26)32(45)29(34(2,3)4)39-33(46)48-21-11-7-8-12-21/h9,13-14,20-21,24,26,29H,6-8,10-12,15-19H2,1-5H3,(H,37,44)(H,38,43)(H,39,46)/t24-,26-,29+,35+/m0/s1. The highest BCUT2D eigenvalue weighted by molar-refractivity contribution is 6.38. The van der Waals surface area contributed by atoms with Gasteiger partial charge in [-0.15, -0.1) is 0 Å². The first kappa shape index (κ1) is 36.4. The van der Waals surface area contributed by atoms with E-state index in [0.717, 1.165) is 38.5 Å². The van der Waals surface area contributed by atoms with E-state index in [9.17, 15) is 24.0 Å². The van der Waals surface area contributed by atoms with Crippen molar-refractivity contribution in [3.8, 4) is 5.75 Å². The summed E-state index contributed by atoms with van der Waals surface area (Å²) in [5.41, 5.74) is -0.705. The first-order chi connectivity index (χ1) is 23.2. The third-order valence-electron chi connectivity index (χ3n) is 9.60. The number of methoxy groups -OCH3 is 1. The normalized spacial score (nSPS) is 23.3. The first-order valence-electron chi connectivity index (χ1n) is 17.3. The van der Waals surface area contributed by atoms with Crippen molar-refractivity contribution in [2.24, 2.45) is 10.6 Å². The number of ketones is 1. The molecule has 1 saturated heterocycles. The second kappa shape index (κ2) is 14.9. The number of benzene rings is 1. The second-order valence-electron chi connectivity index (χ2n) is 14.7. The zero-order valence-corrected chi connectivity index (χ0v) is 29.7. The fourth-order valence-electron chi connectivity index (χ4n) is 6.81. The molecule has 2 heterocycles. The highest BCUT2D eigenvalue weighted by Gasteiger charge is 2.56. The summed E-state index contributed by atoms with van der Waals surface area (Å²) < 4.78 is 11.2. The number of oxime groups is 1. The smallest absolute Gasteiger partial charge is 0.408 e. The Morgan fingerprint density at radius 3 is 2.45 bits per heavy atom. The van der Waals surface area contributed by atoms with E-state index in [2.05, 4.69) is 21.1 Å². The van der Waals surface area contributed by atoms with Gasteiger partial charge in [-0.3, -0.25) is 19.2 Å². The minimum Gasteiger partial charge on any atom is -0.494 e. The number of nitrogens with one attached hydrogen (secondary N) is 3. The Balaban J connectivity index is 1.41. The highest BCUT2D eigenvalue weighted by Crippen LogP contribution is 2.42. The maximum absolute atomic E-state index is 14.5. The van der Waals surface area contributed by atoms with Gasteiger partial charge in [0.15, 0.2) is 5.60 Å². The average molecular weight is 702 g/mol. The molecule has 0 radical (unpaired) electrons. The number of carbonyl (C=O) groups is 5. The summed E-state index contributed by atoms with van der Waals surface area (Å²) in [6, 6.07) is 2.02. The van der Waals surface area contributed by atoms with Gasteiger partial charge in [0.25, 0.3) is 5.91 Å². The molecule has 4 amide bonds. The van der Waals surface area contributed by atoms with Gasteiger partial charge >= 0.3 is 6.09 Å². The molecule has 4 atom stereocenters. The summed E-state index contributed by atoms with van der Waals surface area (Å²) in [4.78, 5) is 75.0. The Labute approximate surface area is 292 Å². The molecule has 4 aliphatic rings. The lowest BCUT2D eigenvalue weighted by Crippen LogP contribution is -2.59. The zero-order chi connectivity index (χ0) is 35.5. The highest BCUT2D eigenvalue weighted by atomic mass is 35.5. The molecule has 3 fully saturated rings. The zero-order valence-electron chi connectivity index (χ0n) is 28.9. The summed E-state index contributed by atoms with van der Waals surface area (Å²) in [6.07, 6.45) is 5.26. The summed E-state index contributed by atoms with van der Waals surface area (Å²) in [5.74, 6) is -2.15. The van der Waals surface area contributed by atoms with Crippen LogP contribution in [0.3, 0.4) is 0 Å². The van der Waals surface area contributed by atoms with E-state index < -0.39 is 58.7 Å². The van der Waals surface area contributed by atoms with Gasteiger partial charge in [0.1, 0.15) is 23.9 Å². The Bertz CT molecular complexity index is 1480. The minimum absolute atomic E-state index is 0.0220. The molecule has 0 aromatic heterocycles. The van der Waals surface area contributed by atoms with Crippen LogP contribution in [0.15, 0.2) is 23.4 Å². The van der Waals surface area contributed by atoms with Crippen molar-refractivity contribution in [2.75, 3.05) is 13.7 Å². The van der Waals surface area contributed by atoms with Crippen LogP contribution < -0.4 is 20.7 Å². The molecule has 2 saturated carbocycles. The number of rotatable bonds is 12. The number of nitrogens with zero attached hydrogens (tertiary/aromatic N) is 2. The van der Waals surface area contributed by atoms with E-state index in [4.69, 9.17) is 25.9 Å². The molecule has 13 nitrogen and oxygen atoms in total. The largest absolute Gasteiger partial charge is 0.494 e. The number of likely N-dealkylation sites (tertiary alicyclic amines) is 1. The van der Waals surface area contributed by atoms with Gasteiger partial charge in [0.05, 0.1) is 30.4 Å². The van der Waals surface area contributed by atoms with Crippen LogP contribution in [0.5, 0.6) is 5.75 Å². The van der Waals surface area contributed by atoms with Crippen molar-refractivity contribution in [3.05, 3.63) is 28.8 Å². The van der Waals surface area contributed by atoms with Gasteiger partial charge in [-0.1, -0.05) is 56.9 Å². The SMILES string of the molecule is CCC[C@H](NC(=O)[C@@H]1C[C@]2(CC(c3cccc(Cl)c3OC)=NO2)CN1C(=O)[C@@H](NC(=O)OC1CCCC1)C(C)(C)C)C(=O)C(=O)NC1CC1. The van der Waals surface area contributed by atoms with Crippen molar-refractivity contribution in [1.82, 2.24) is 20.9 Å². The Morgan fingerprint density at radius 1 is 1.10 bits per heavy atom. The van der Waals surface area contributed by atoms with Gasteiger partial charge in [-0.25, -0.2) is 4.79 Å². The van der Waals surface area contributed by atoms with Crippen LogP contribution in [0.25, 0.3) is 0 Å². The third-order valence-corrected chi connectivity index (χ3v) is 9.90. The van der Waals surface area contributed by atoms with E-state index in [1.807, 2.05) is 27.7 Å². The van der Waals surface area contributed by atoms with Crippen LogP contribution in [-0.4, -0.2) is 89.7 Å². The number of alkyl carbamates (subject to hydrolysis) is 1. The Morgan fingerprint density at radius 2 is 1.82 bits per heavy atom. The van der Waals surface area contributed by atoms with Gasteiger partial charge < -0.3 is 35.2 Å². The van der Waals surface area contributed by atoms with Crippen molar-refractivity contribution >= 4 is 46.9 Å².